The van der Waals surface area contributed by atoms with Crippen LogP contribution in [0.3, 0.4) is 0 Å². The molecule has 0 radical (unpaired) electrons. The summed E-state index contributed by atoms with van der Waals surface area (Å²) in [6.45, 7) is 1.25. The predicted octanol–water partition coefficient (Wildman–Crippen LogP) is 5.73. The molecule has 32 heavy (non-hydrogen) atoms. The first-order chi connectivity index (χ1) is 15.3. The number of hydrogen-bond acceptors (Lipinski definition) is 6. The largest absolute Gasteiger partial charge is 0.481 e. The number of carboxylic acids is 1. The molecule has 0 aliphatic carbocycles. The first-order valence-corrected chi connectivity index (χ1v) is 11.0. The summed E-state index contributed by atoms with van der Waals surface area (Å²) in [7, 11) is 0. The molecule has 2 heterocycles. The average molecular weight is 472 g/mol. The number of hydrogen-bond donors (Lipinski definition) is 1. The van der Waals surface area contributed by atoms with Gasteiger partial charge in [-0.1, -0.05) is 12.1 Å². The zero-order valence-electron chi connectivity index (χ0n) is 16.6. The molecule has 4 rings (SSSR count). The molecule has 6 nitrogen and oxygen atoms in total. The van der Waals surface area contributed by atoms with Gasteiger partial charge in [-0.25, -0.2) is 18.7 Å². The third-order valence-corrected chi connectivity index (χ3v) is 6.35. The van der Waals surface area contributed by atoms with Crippen LogP contribution >= 0.6 is 22.7 Å². The van der Waals surface area contributed by atoms with E-state index in [1.165, 1.54) is 24.3 Å². The SMILES string of the molecule is CC(=O)N(c1nc(/C=C(\CC(=O)O)c2nc3ccccc3s2)cs1)c1ccc(F)cc1F. The summed E-state index contributed by atoms with van der Waals surface area (Å²) < 4.78 is 28.5. The van der Waals surface area contributed by atoms with Gasteiger partial charge in [0.15, 0.2) is 5.13 Å². The Morgan fingerprint density at radius 1 is 1.16 bits per heavy atom. The smallest absolute Gasteiger partial charge is 0.307 e. The Morgan fingerprint density at radius 3 is 2.62 bits per heavy atom. The number of nitrogens with zero attached hydrogens (tertiary/aromatic N) is 3. The van der Waals surface area contributed by atoms with Crippen LogP contribution in [0.25, 0.3) is 21.9 Å². The highest BCUT2D eigenvalue weighted by Gasteiger charge is 2.22. The minimum atomic E-state index is -1.02. The lowest BCUT2D eigenvalue weighted by Gasteiger charge is -2.18. The molecule has 162 valence electrons. The molecule has 1 N–H and O–H groups in total. The van der Waals surface area contributed by atoms with E-state index in [4.69, 9.17) is 0 Å². The van der Waals surface area contributed by atoms with E-state index < -0.39 is 23.5 Å². The predicted molar refractivity (Wildman–Crippen MR) is 121 cm³/mol. The second-order valence-electron chi connectivity index (χ2n) is 6.73. The number of thiazole rings is 2. The number of halogens is 2. The van der Waals surface area contributed by atoms with Crippen LogP contribution in [0.1, 0.15) is 24.0 Å². The first-order valence-electron chi connectivity index (χ1n) is 9.31. The van der Waals surface area contributed by atoms with Gasteiger partial charge in [-0.3, -0.25) is 14.5 Å². The van der Waals surface area contributed by atoms with Crippen LogP contribution in [0.15, 0.2) is 47.8 Å². The number of carboxylic acid groups (broad SMARTS) is 1. The van der Waals surface area contributed by atoms with Crippen molar-refractivity contribution in [2.45, 2.75) is 13.3 Å². The molecule has 1 amide bonds. The molecule has 10 heteroatoms. The summed E-state index contributed by atoms with van der Waals surface area (Å²) in [5, 5.41) is 11.7. The van der Waals surface area contributed by atoms with E-state index in [0.717, 1.165) is 32.5 Å². The number of carbonyl (C=O) groups is 2. The molecule has 0 saturated carbocycles. The van der Waals surface area contributed by atoms with Crippen molar-refractivity contribution in [3.05, 3.63) is 70.2 Å². The van der Waals surface area contributed by atoms with Gasteiger partial charge in [-0.05, 0) is 30.3 Å². The quantitative estimate of drug-likeness (QED) is 0.388. The van der Waals surface area contributed by atoms with Crippen LogP contribution in [0, 0.1) is 11.6 Å². The van der Waals surface area contributed by atoms with Crippen molar-refractivity contribution >= 4 is 67.2 Å². The number of rotatable bonds is 6. The fourth-order valence-corrected chi connectivity index (χ4v) is 4.87. The molecule has 4 aromatic rings. The lowest BCUT2D eigenvalue weighted by Crippen LogP contribution is -2.23. The van der Waals surface area contributed by atoms with Gasteiger partial charge >= 0.3 is 5.97 Å². The fraction of sp³-hybridized carbons (Fsp3) is 0.0909. The lowest BCUT2D eigenvalue weighted by molar-refractivity contribution is -0.135. The van der Waals surface area contributed by atoms with Gasteiger partial charge in [0.25, 0.3) is 0 Å². The van der Waals surface area contributed by atoms with Gasteiger partial charge in [0.05, 0.1) is 28.0 Å². The van der Waals surface area contributed by atoms with Crippen LogP contribution in [0.4, 0.5) is 19.6 Å². The first kappa shape index (κ1) is 21.7. The van der Waals surface area contributed by atoms with Gasteiger partial charge in [-0.15, -0.1) is 22.7 Å². The zero-order chi connectivity index (χ0) is 22.8. The minimum Gasteiger partial charge on any atom is -0.481 e. The van der Waals surface area contributed by atoms with Gasteiger partial charge < -0.3 is 5.11 Å². The Kier molecular flexibility index (Phi) is 6.06. The number of para-hydroxylation sites is 1. The van der Waals surface area contributed by atoms with E-state index in [1.54, 1.807) is 11.5 Å². The molecule has 0 saturated heterocycles. The van der Waals surface area contributed by atoms with Gasteiger partial charge in [-0.2, -0.15) is 0 Å². The van der Waals surface area contributed by atoms with Crippen LogP contribution in [0.5, 0.6) is 0 Å². The van der Waals surface area contributed by atoms with E-state index in [1.807, 2.05) is 24.3 Å². The van der Waals surface area contributed by atoms with Crippen LogP contribution in [-0.4, -0.2) is 27.0 Å². The fourth-order valence-electron chi connectivity index (χ4n) is 3.05. The normalized spacial score (nSPS) is 11.7. The topological polar surface area (TPSA) is 83.4 Å². The molecule has 0 unspecified atom stereocenters. The summed E-state index contributed by atoms with van der Waals surface area (Å²) in [5.41, 5.74) is 1.49. The van der Waals surface area contributed by atoms with Crippen molar-refractivity contribution in [2.75, 3.05) is 4.90 Å². The molecule has 0 spiro atoms. The maximum absolute atomic E-state index is 14.3. The number of benzene rings is 2. The summed E-state index contributed by atoms with van der Waals surface area (Å²) >= 11 is 2.45. The molecule has 2 aromatic heterocycles. The van der Waals surface area contributed by atoms with E-state index in [9.17, 15) is 23.5 Å². The number of carbonyl (C=O) groups excluding carboxylic acids is 1. The van der Waals surface area contributed by atoms with Gasteiger partial charge in [0.1, 0.15) is 16.6 Å². The van der Waals surface area contributed by atoms with Crippen LogP contribution in [-0.2, 0) is 9.59 Å². The van der Waals surface area contributed by atoms with Crippen LogP contribution < -0.4 is 4.90 Å². The second-order valence-corrected chi connectivity index (χ2v) is 8.60. The number of aliphatic carboxylic acids is 1. The molecule has 0 aliphatic heterocycles. The maximum Gasteiger partial charge on any atom is 0.307 e. The number of amides is 1. The Hall–Kier alpha value is -3.50. The molecule has 2 aromatic carbocycles. The highest BCUT2D eigenvalue weighted by molar-refractivity contribution is 7.19. The molecule has 0 atom stereocenters. The number of fused-ring (bicyclic) bond motifs is 1. The van der Waals surface area contributed by atoms with Gasteiger partial charge in [0, 0.05) is 23.9 Å². The summed E-state index contributed by atoms with van der Waals surface area (Å²) in [6.07, 6.45) is 1.32. The Balaban J connectivity index is 1.73. The highest BCUT2D eigenvalue weighted by atomic mass is 32.1. The molecule has 0 fully saturated rings. The van der Waals surface area contributed by atoms with Crippen molar-refractivity contribution in [1.82, 2.24) is 9.97 Å². The molecule has 0 bridgehead atoms. The molecule has 0 aliphatic rings. The Morgan fingerprint density at radius 2 is 1.94 bits per heavy atom. The highest BCUT2D eigenvalue weighted by Crippen LogP contribution is 2.34. The Labute approximate surface area is 189 Å². The van der Waals surface area contributed by atoms with Crippen LogP contribution in [0.2, 0.25) is 0 Å². The van der Waals surface area contributed by atoms with Crippen molar-refractivity contribution in [2.24, 2.45) is 0 Å². The van der Waals surface area contributed by atoms with Crippen molar-refractivity contribution in [1.29, 1.82) is 0 Å². The van der Waals surface area contributed by atoms with Crippen molar-refractivity contribution in [3.63, 3.8) is 0 Å². The zero-order valence-corrected chi connectivity index (χ0v) is 18.2. The minimum absolute atomic E-state index is 0.124. The monoisotopic (exact) mass is 471 g/mol. The van der Waals surface area contributed by atoms with E-state index in [2.05, 4.69) is 9.97 Å². The Bertz CT molecular complexity index is 1330. The van der Waals surface area contributed by atoms with Gasteiger partial charge in [0.2, 0.25) is 5.91 Å². The molecular formula is C22H15F2N3O3S2. The van der Waals surface area contributed by atoms with Crippen molar-refractivity contribution in [3.8, 4) is 0 Å². The van der Waals surface area contributed by atoms with Crippen molar-refractivity contribution < 1.29 is 23.5 Å². The average Bonchev–Trinajstić information content (AvgIpc) is 3.36. The number of anilines is 2. The second kappa shape index (κ2) is 8.93. The third kappa shape index (κ3) is 4.56. The summed E-state index contributed by atoms with van der Waals surface area (Å²) in [5.74, 6) is -3.18. The van der Waals surface area contributed by atoms with E-state index in [-0.39, 0.29) is 17.2 Å². The lowest BCUT2D eigenvalue weighted by atomic mass is 10.1. The maximum atomic E-state index is 14.3. The standard InChI is InChI=1S/C22H15F2N3O3S2/c1-12(28)27(18-7-6-14(23)10-16(18)24)22-25-15(11-31-22)8-13(9-20(29)30)21-26-17-4-2-3-5-19(17)32-21/h2-8,10-11H,9H2,1H3,(H,29,30)/b13-8+. The van der Waals surface area contributed by atoms with E-state index >= 15 is 0 Å². The van der Waals surface area contributed by atoms with E-state index in [0.29, 0.717) is 22.3 Å². The summed E-state index contributed by atoms with van der Waals surface area (Å²) in [6, 6.07) is 10.4. The summed E-state index contributed by atoms with van der Waals surface area (Å²) in [4.78, 5) is 33.6. The third-order valence-electron chi connectivity index (χ3n) is 4.40. The number of aromatic nitrogens is 2. The molecular weight excluding hydrogens is 456 g/mol.